The molecule has 31 heavy (non-hydrogen) atoms. The quantitative estimate of drug-likeness (QED) is 0.584. The molecule has 2 heterocycles. The first-order chi connectivity index (χ1) is 15.3. The van der Waals surface area contributed by atoms with Crippen molar-refractivity contribution in [1.29, 1.82) is 0 Å². The first-order valence-corrected chi connectivity index (χ1v) is 12.7. The highest BCUT2D eigenvalue weighted by atomic mass is 16.5. The van der Waals surface area contributed by atoms with Gasteiger partial charge >= 0.3 is 0 Å². The van der Waals surface area contributed by atoms with Gasteiger partial charge in [0.25, 0.3) is 0 Å². The fourth-order valence-corrected chi connectivity index (χ4v) is 5.39. The molecule has 1 amide bonds. The third-order valence-corrected chi connectivity index (χ3v) is 7.27. The Morgan fingerprint density at radius 1 is 0.806 bits per heavy atom. The molecule has 1 saturated carbocycles. The Balaban J connectivity index is 1.16. The van der Waals surface area contributed by atoms with Crippen LogP contribution >= 0.6 is 0 Å². The van der Waals surface area contributed by atoms with Crippen LogP contribution in [0.5, 0.6) is 5.75 Å². The summed E-state index contributed by atoms with van der Waals surface area (Å²) in [6, 6.07) is 8.63. The van der Waals surface area contributed by atoms with Gasteiger partial charge < -0.3 is 14.5 Å². The van der Waals surface area contributed by atoms with Crippen molar-refractivity contribution in [2.75, 3.05) is 52.4 Å². The van der Waals surface area contributed by atoms with E-state index in [0.29, 0.717) is 11.8 Å². The molecule has 0 aromatic heterocycles. The minimum Gasteiger partial charge on any atom is -0.494 e. The fourth-order valence-electron chi connectivity index (χ4n) is 5.39. The maximum atomic E-state index is 12.7. The average molecular weight is 428 g/mol. The van der Waals surface area contributed by atoms with Gasteiger partial charge in [0.2, 0.25) is 5.91 Å². The average Bonchev–Trinajstić information content (AvgIpc) is 3.25. The van der Waals surface area contributed by atoms with E-state index >= 15 is 0 Å². The summed E-state index contributed by atoms with van der Waals surface area (Å²) < 4.78 is 5.97. The van der Waals surface area contributed by atoms with Gasteiger partial charge in [0.15, 0.2) is 0 Å². The van der Waals surface area contributed by atoms with Crippen molar-refractivity contribution in [3.8, 4) is 5.75 Å². The second kappa shape index (κ2) is 11.9. The molecule has 0 bridgehead atoms. The molecule has 5 nitrogen and oxygen atoms in total. The summed E-state index contributed by atoms with van der Waals surface area (Å²) in [6.45, 7) is 9.30. The number of ether oxygens (including phenoxy) is 1. The third kappa shape index (κ3) is 6.95. The van der Waals surface area contributed by atoms with Gasteiger partial charge in [0.05, 0.1) is 6.61 Å². The van der Waals surface area contributed by atoms with E-state index in [2.05, 4.69) is 39.0 Å². The van der Waals surface area contributed by atoms with Gasteiger partial charge in [-0.2, -0.15) is 0 Å². The van der Waals surface area contributed by atoms with E-state index in [0.717, 1.165) is 77.3 Å². The first-order valence-electron chi connectivity index (χ1n) is 12.7. The van der Waals surface area contributed by atoms with Crippen molar-refractivity contribution in [2.24, 2.45) is 5.92 Å². The molecule has 0 unspecified atom stereocenters. The molecule has 4 rings (SSSR count). The molecule has 2 saturated heterocycles. The maximum absolute atomic E-state index is 12.7. The number of nitrogens with zero attached hydrogens (tertiary/aromatic N) is 3. The van der Waals surface area contributed by atoms with E-state index in [1.54, 1.807) is 0 Å². The number of likely N-dealkylation sites (tertiary alicyclic amines) is 1. The number of carbonyl (C=O) groups excluding carboxylic acids is 1. The van der Waals surface area contributed by atoms with Crippen molar-refractivity contribution >= 4 is 5.91 Å². The van der Waals surface area contributed by atoms with Gasteiger partial charge in [-0.3, -0.25) is 9.69 Å². The summed E-state index contributed by atoms with van der Waals surface area (Å²) in [4.78, 5) is 19.9. The summed E-state index contributed by atoms with van der Waals surface area (Å²) >= 11 is 0. The van der Waals surface area contributed by atoms with Crippen molar-refractivity contribution in [2.45, 2.75) is 64.3 Å². The van der Waals surface area contributed by atoms with Gasteiger partial charge in [-0.1, -0.05) is 31.4 Å². The lowest BCUT2D eigenvalue weighted by Crippen LogP contribution is -2.38. The molecule has 2 aliphatic heterocycles. The Morgan fingerprint density at radius 3 is 2.32 bits per heavy atom. The van der Waals surface area contributed by atoms with Crippen LogP contribution < -0.4 is 4.74 Å². The van der Waals surface area contributed by atoms with Crippen LogP contribution in [0.2, 0.25) is 0 Å². The number of hydrogen-bond donors (Lipinski definition) is 0. The Hall–Kier alpha value is -1.59. The minimum absolute atomic E-state index is 0.305. The van der Waals surface area contributed by atoms with E-state index in [9.17, 15) is 4.79 Å². The Bertz CT molecular complexity index is 666. The van der Waals surface area contributed by atoms with E-state index in [1.165, 1.54) is 50.8 Å². The Labute approximate surface area is 188 Å². The Morgan fingerprint density at radius 2 is 1.55 bits per heavy atom. The minimum atomic E-state index is 0.305. The summed E-state index contributed by atoms with van der Waals surface area (Å²) in [6.07, 6.45) is 11.0. The van der Waals surface area contributed by atoms with E-state index < -0.39 is 0 Å². The second-order valence-electron chi connectivity index (χ2n) is 9.68. The van der Waals surface area contributed by atoms with Crippen LogP contribution in [0.15, 0.2) is 24.3 Å². The third-order valence-electron chi connectivity index (χ3n) is 7.27. The monoisotopic (exact) mass is 427 g/mol. The van der Waals surface area contributed by atoms with Crippen molar-refractivity contribution in [3.63, 3.8) is 0 Å². The van der Waals surface area contributed by atoms with Gasteiger partial charge in [0, 0.05) is 45.2 Å². The van der Waals surface area contributed by atoms with Crippen LogP contribution in [0.4, 0.5) is 0 Å². The molecule has 3 fully saturated rings. The molecule has 0 N–H and O–H groups in total. The molecule has 3 aliphatic rings. The second-order valence-corrected chi connectivity index (χ2v) is 9.68. The number of carbonyl (C=O) groups is 1. The van der Waals surface area contributed by atoms with Gasteiger partial charge in [-0.25, -0.2) is 0 Å². The van der Waals surface area contributed by atoms with Crippen LogP contribution in [0, 0.1) is 5.92 Å². The standard InChI is InChI=1S/C26H41N3O2/c30-26(24-8-2-3-9-24)29-18-6-16-28(19-20-29)22-23-10-12-25(13-11-23)31-21-7-17-27-14-4-1-5-15-27/h10-13,24H,1-9,14-22H2. The lowest BCUT2D eigenvalue weighted by molar-refractivity contribution is -0.135. The summed E-state index contributed by atoms with van der Waals surface area (Å²) in [5, 5.41) is 0. The lowest BCUT2D eigenvalue weighted by atomic mass is 10.1. The van der Waals surface area contributed by atoms with Gasteiger partial charge in [-0.15, -0.1) is 0 Å². The van der Waals surface area contributed by atoms with Crippen LogP contribution in [0.3, 0.4) is 0 Å². The molecule has 1 aromatic rings. The normalized spacial score (nSPS) is 21.9. The van der Waals surface area contributed by atoms with Gasteiger partial charge in [-0.05, 0) is 69.3 Å². The number of amides is 1. The van der Waals surface area contributed by atoms with Crippen molar-refractivity contribution in [3.05, 3.63) is 29.8 Å². The molecule has 0 radical (unpaired) electrons. The van der Waals surface area contributed by atoms with Crippen molar-refractivity contribution < 1.29 is 9.53 Å². The molecule has 1 aromatic carbocycles. The number of rotatable bonds is 8. The van der Waals surface area contributed by atoms with E-state index in [4.69, 9.17) is 4.74 Å². The molecule has 172 valence electrons. The molecular formula is C26H41N3O2. The number of hydrogen-bond acceptors (Lipinski definition) is 4. The molecule has 0 atom stereocenters. The van der Waals surface area contributed by atoms with Gasteiger partial charge in [0.1, 0.15) is 5.75 Å². The predicted molar refractivity (Wildman–Crippen MR) is 125 cm³/mol. The largest absolute Gasteiger partial charge is 0.494 e. The zero-order valence-electron chi connectivity index (χ0n) is 19.3. The molecule has 1 aliphatic carbocycles. The highest BCUT2D eigenvalue weighted by Gasteiger charge is 2.28. The van der Waals surface area contributed by atoms with E-state index in [1.807, 2.05) is 0 Å². The smallest absolute Gasteiger partial charge is 0.225 e. The highest BCUT2D eigenvalue weighted by molar-refractivity contribution is 5.79. The molecular weight excluding hydrogens is 386 g/mol. The molecule has 5 heteroatoms. The Kier molecular flexibility index (Phi) is 8.65. The SMILES string of the molecule is O=C(C1CCCC1)N1CCCN(Cc2ccc(OCCCN3CCCCC3)cc2)CC1. The lowest BCUT2D eigenvalue weighted by Gasteiger charge is -2.26. The number of benzene rings is 1. The maximum Gasteiger partial charge on any atom is 0.225 e. The first kappa shape index (κ1) is 22.6. The highest BCUT2D eigenvalue weighted by Crippen LogP contribution is 2.27. The van der Waals surface area contributed by atoms with Crippen LogP contribution in [-0.2, 0) is 11.3 Å². The predicted octanol–water partition coefficient (Wildman–Crippen LogP) is 4.17. The van der Waals surface area contributed by atoms with Crippen molar-refractivity contribution in [1.82, 2.24) is 14.7 Å². The zero-order chi connectivity index (χ0) is 21.3. The van der Waals surface area contributed by atoms with Crippen LogP contribution in [-0.4, -0.2) is 73.0 Å². The molecule has 0 spiro atoms. The summed E-state index contributed by atoms with van der Waals surface area (Å²) in [5.74, 6) is 1.70. The number of piperidine rings is 1. The topological polar surface area (TPSA) is 36.0 Å². The summed E-state index contributed by atoms with van der Waals surface area (Å²) in [5.41, 5.74) is 1.33. The zero-order valence-corrected chi connectivity index (χ0v) is 19.3. The van der Waals surface area contributed by atoms with E-state index in [-0.39, 0.29) is 0 Å². The summed E-state index contributed by atoms with van der Waals surface area (Å²) in [7, 11) is 0. The fraction of sp³-hybridized carbons (Fsp3) is 0.731. The van der Waals surface area contributed by atoms with Crippen LogP contribution in [0.25, 0.3) is 0 Å². The van der Waals surface area contributed by atoms with Crippen LogP contribution in [0.1, 0.15) is 63.4 Å².